The molecule has 30 heavy (non-hydrogen) atoms. The normalized spacial score (nSPS) is 16.1. The Labute approximate surface area is 180 Å². The number of hydrogen-bond acceptors (Lipinski definition) is 8. The quantitative estimate of drug-likeness (QED) is 0.470. The average molecular weight is 437 g/mol. The average Bonchev–Trinajstić information content (AvgIpc) is 2.71. The zero-order chi connectivity index (χ0) is 22.3. The Bertz CT molecular complexity index is 893. The van der Waals surface area contributed by atoms with Gasteiger partial charge in [0.2, 0.25) is 0 Å². The molecule has 1 aliphatic heterocycles. The van der Waals surface area contributed by atoms with Crippen LogP contribution in [-0.4, -0.2) is 44.8 Å². The zero-order valence-electron chi connectivity index (χ0n) is 17.1. The Kier molecular flexibility index (Phi) is 8.44. The standard InChI is InChI=1S/C21H25ClN2O6/c1-4-29-21(27)19-15(11-16(25)30-10-9-23)24-12(2)17(20(26)28-3)18(19)13-7-5-6-8-14(13)22/h5-8,18,24H,4,9-11,23H2,1-3H3. The van der Waals surface area contributed by atoms with Crippen LogP contribution < -0.4 is 11.1 Å². The summed E-state index contributed by atoms with van der Waals surface area (Å²) in [4.78, 5) is 37.8. The number of carbonyl (C=O) groups is 3. The largest absolute Gasteiger partial charge is 0.466 e. The van der Waals surface area contributed by atoms with E-state index in [-0.39, 0.29) is 43.0 Å². The van der Waals surface area contributed by atoms with Gasteiger partial charge in [-0.15, -0.1) is 0 Å². The Morgan fingerprint density at radius 2 is 1.83 bits per heavy atom. The van der Waals surface area contributed by atoms with Crippen LogP contribution in [0.15, 0.2) is 46.8 Å². The first kappa shape index (κ1) is 23.4. The van der Waals surface area contributed by atoms with Crippen LogP contribution in [-0.2, 0) is 28.6 Å². The van der Waals surface area contributed by atoms with Crippen LogP contribution in [0.3, 0.4) is 0 Å². The number of benzene rings is 1. The van der Waals surface area contributed by atoms with E-state index >= 15 is 0 Å². The van der Waals surface area contributed by atoms with Crippen molar-refractivity contribution in [1.82, 2.24) is 5.32 Å². The van der Waals surface area contributed by atoms with Crippen LogP contribution in [0.4, 0.5) is 0 Å². The van der Waals surface area contributed by atoms with Crippen LogP contribution >= 0.6 is 11.6 Å². The molecular formula is C21H25ClN2O6. The fraction of sp³-hybridized carbons (Fsp3) is 0.381. The minimum Gasteiger partial charge on any atom is -0.466 e. The number of nitrogens with two attached hydrogens (primary N) is 1. The molecule has 0 bridgehead atoms. The lowest BCUT2D eigenvalue weighted by Gasteiger charge is -2.31. The number of halogens is 1. The molecule has 0 saturated carbocycles. The van der Waals surface area contributed by atoms with E-state index in [1.54, 1.807) is 38.1 Å². The summed E-state index contributed by atoms with van der Waals surface area (Å²) in [7, 11) is 1.25. The molecule has 0 radical (unpaired) electrons. The maximum absolute atomic E-state index is 13.0. The van der Waals surface area contributed by atoms with Crippen molar-refractivity contribution in [2.24, 2.45) is 5.73 Å². The van der Waals surface area contributed by atoms with Gasteiger partial charge < -0.3 is 25.3 Å². The second kappa shape index (κ2) is 10.8. The van der Waals surface area contributed by atoms with Crippen molar-refractivity contribution in [3.05, 3.63) is 57.4 Å². The summed E-state index contributed by atoms with van der Waals surface area (Å²) in [6, 6.07) is 6.84. The highest BCUT2D eigenvalue weighted by atomic mass is 35.5. The second-order valence-electron chi connectivity index (χ2n) is 6.41. The van der Waals surface area contributed by atoms with Crippen molar-refractivity contribution in [2.75, 3.05) is 26.9 Å². The lowest BCUT2D eigenvalue weighted by Crippen LogP contribution is -2.34. The number of ether oxygens (including phenoxy) is 3. The molecule has 0 amide bonds. The van der Waals surface area contributed by atoms with Crippen LogP contribution in [0.25, 0.3) is 0 Å². The first-order valence-corrected chi connectivity index (χ1v) is 9.79. The number of carbonyl (C=O) groups excluding carboxylic acids is 3. The van der Waals surface area contributed by atoms with Crippen molar-refractivity contribution < 1.29 is 28.6 Å². The number of nitrogens with one attached hydrogen (secondary N) is 1. The number of hydrogen-bond donors (Lipinski definition) is 2. The topological polar surface area (TPSA) is 117 Å². The molecule has 8 nitrogen and oxygen atoms in total. The number of allylic oxidation sites excluding steroid dienone is 1. The lowest BCUT2D eigenvalue weighted by molar-refractivity contribution is -0.142. The summed E-state index contributed by atoms with van der Waals surface area (Å²) < 4.78 is 15.2. The molecule has 1 heterocycles. The van der Waals surface area contributed by atoms with Gasteiger partial charge in [0.25, 0.3) is 0 Å². The number of dihydropyridines is 1. The van der Waals surface area contributed by atoms with Gasteiger partial charge in [0.05, 0.1) is 37.2 Å². The Balaban J connectivity index is 2.68. The first-order chi connectivity index (χ1) is 14.3. The summed E-state index contributed by atoms with van der Waals surface area (Å²) in [5.41, 5.74) is 6.89. The Morgan fingerprint density at radius 3 is 2.43 bits per heavy atom. The first-order valence-electron chi connectivity index (χ1n) is 9.42. The van der Waals surface area contributed by atoms with Gasteiger partial charge in [-0.2, -0.15) is 0 Å². The molecule has 1 aliphatic rings. The van der Waals surface area contributed by atoms with E-state index in [9.17, 15) is 14.4 Å². The molecule has 1 atom stereocenters. The molecule has 0 spiro atoms. The highest BCUT2D eigenvalue weighted by Crippen LogP contribution is 2.42. The molecule has 3 N–H and O–H groups in total. The third-order valence-electron chi connectivity index (χ3n) is 4.46. The van der Waals surface area contributed by atoms with Crippen molar-refractivity contribution in [3.63, 3.8) is 0 Å². The van der Waals surface area contributed by atoms with E-state index in [4.69, 9.17) is 31.5 Å². The van der Waals surface area contributed by atoms with Gasteiger partial charge in [0.15, 0.2) is 0 Å². The maximum Gasteiger partial charge on any atom is 0.336 e. The third-order valence-corrected chi connectivity index (χ3v) is 4.81. The predicted octanol–water partition coefficient (Wildman–Crippen LogP) is 2.18. The van der Waals surface area contributed by atoms with Gasteiger partial charge in [0.1, 0.15) is 6.61 Å². The lowest BCUT2D eigenvalue weighted by atomic mass is 9.79. The van der Waals surface area contributed by atoms with E-state index in [0.717, 1.165) is 0 Å². The molecular weight excluding hydrogens is 412 g/mol. The van der Waals surface area contributed by atoms with Gasteiger partial charge in [0, 0.05) is 23.0 Å². The van der Waals surface area contributed by atoms with Gasteiger partial charge in [-0.3, -0.25) is 4.79 Å². The maximum atomic E-state index is 13.0. The van der Waals surface area contributed by atoms with Crippen molar-refractivity contribution >= 4 is 29.5 Å². The summed E-state index contributed by atoms with van der Waals surface area (Å²) >= 11 is 6.41. The van der Waals surface area contributed by atoms with Gasteiger partial charge in [-0.25, -0.2) is 9.59 Å². The van der Waals surface area contributed by atoms with Gasteiger partial charge >= 0.3 is 17.9 Å². The van der Waals surface area contributed by atoms with Crippen molar-refractivity contribution in [1.29, 1.82) is 0 Å². The minimum atomic E-state index is -0.885. The molecule has 0 aliphatic carbocycles. The van der Waals surface area contributed by atoms with E-state index in [1.807, 2.05) is 0 Å². The SMILES string of the molecule is CCOC(=O)C1=C(CC(=O)OCCN)NC(C)=C(C(=O)OC)C1c1ccccc1Cl. The van der Waals surface area contributed by atoms with E-state index in [0.29, 0.717) is 16.3 Å². The van der Waals surface area contributed by atoms with Crippen molar-refractivity contribution in [2.45, 2.75) is 26.2 Å². The molecule has 0 saturated heterocycles. The predicted molar refractivity (Wildman–Crippen MR) is 110 cm³/mol. The highest BCUT2D eigenvalue weighted by Gasteiger charge is 2.40. The summed E-state index contributed by atoms with van der Waals surface area (Å²) in [5, 5.41) is 3.33. The number of esters is 3. The molecule has 162 valence electrons. The van der Waals surface area contributed by atoms with E-state index < -0.39 is 23.8 Å². The Morgan fingerprint density at radius 1 is 1.13 bits per heavy atom. The molecule has 0 aromatic heterocycles. The smallest absolute Gasteiger partial charge is 0.336 e. The highest BCUT2D eigenvalue weighted by molar-refractivity contribution is 6.31. The van der Waals surface area contributed by atoms with Gasteiger partial charge in [-0.1, -0.05) is 29.8 Å². The fourth-order valence-electron chi connectivity index (χ4n) is 3.25. The third kappa shape index (κ3) is 5.20. The van der Waals surface area contributed by atoms with Crippen LogP contribution in [0.5, 0.6) is 0 Å². The van der Waals surface area contributed by atoms with E-state index in [2.05, 4.69) is 5.32 Å². The van der Waals surface area contributed by atoms with Crippen LogP contribution in [0.2, 0.25) is 5.02 Å². The Hall–Kier alpha value is -2.84. The molecule has 2 rings (SSSR count). The molecule has 9 heteroatoms. The molecule has 1 aromatic carbocycles. The van der Waals surface area contributed by atoms with E-state index in [1.165, 1.54) is 7.11 Å². The second-order valence-corrected chi connectivity index (χ2v) is 6.82. The number of methoxy groups -OCH3 is 1. The van der Waals surface area contributed by atoms with Gasteiger partial charge in [-0.05, 0) is 25.5 Å². The fourth-order valence-corrected chi connectivity index (χ4v) is 3.50. The summed E-state index contributed by atoms with van der Waals surface area (Å²) in [6.45, 7) is 3.66. The molecule has 1 aromatic rings. The monoisotopic (exact) mass is 436 g/mol. The van der Waals surface area contributed by atoms with Crippen molar-refractivity contribution in [3.8, 4) is 0 Å². The van der Waals surface area contributed by atoms with Crippen LogP contribution in [0, 0.1) is 0 Å². The summed E-state index contributed by atoms with van der Waals surface area (Å²) in [5.74, 6) is -2.76. The number of rotatable bonds is 8. The zero-order valence-corrected chi connectivity index (χ0v) is 17.9. The van der Waals surface area contributed by atoms with Crippen LogP contribution in [0.1, 0.15) is 31.7 Å². The minimum absolute atomic E-state index is 0.0526. The molecule has 1 unspecified atom stereocenters. The molecule has 0 fully saturated rings. The summed E-state index contributed by atoms with van der Waals surface area (Å²) in [6.07, 6.45) is -0.235.